The van der Waals surface area contributed by atoms with Crippen LogP contribution in [-0.2, 0) is 29.6 Å². The highest BCUT2D eigenvalue weighted by Gasteiger charge is 2.38. The van der Waals surface area contributed by atoms with Gasteiger partial charge in [0.05, 0.1) is 6.54 Å². The number of anilines is 1. The number of nitrogens with one attached hydrogen (secondary N) is 1. The van der Waals surface area contributed by atoms with Crippen LogP contribution in [-0.4, -0.2) is 17.6 Å². The molecule has 144 valence electrons. The lowest BCUT2D eigenvalue weighted by molar-refractivity contribution is 0.107. The average Bonchev–Trinajstić information content (AvgIpc) is 3.25. The fraction of sp³-hybridized carbons (Fsp3) is 0.545. The Hall–Kier alpha value is -1.88. The van der Waals surface area contributed by atoms with Crippen molar-refractivity contribution in [3.8, 4) is 0 Å². The molecule has 4 rings (SSSR count). The third-order valence-electron chi connectivity index (χ3n) is 5.69. The number of aryl methyl sites for hydroxylation is 2. The van der Waals surface area contributed by atoms with Gasteiger partial charge in [0.2, 0.25) is 0 Å². The molecule has 1 unspecified atom stereocenters. The molecule has 2 heterocycles. The zero-order valence-electron chi connectivity index (χ0n) is 16.6. The fourth-order valence-corrected chi connectivity index (χ4v) is 5.00. The van der Waals surface area contributed by atoms with E-state index in [1.54, 1.807) is 11.3 Å². The fourth-order valence-electron chi connectivity index (χ4n) is 4.27. The number of nitrogens with zero attached hydrogens (tertiary/aromatic N) is 2. The summed E-state index contributed by atoms with van der Waals surface area (Å²) in [5.41, 5.74) is 6.61. The summed E-state index contributed by atoms with van der Waals surface area (Å²) in [6.07, 6.45) is 10.2. The quantitative estimate of drug-likeness (QED) is 0.720. The minimum atomic E-state index is -0.456. The van der Waals surface area contributed by atoms with Crippen LogP contribution >= 0.6 is 11.3 Å². The Morgan fingerprint density at radius 3 is 2.89 bits per heavy atom. The Morgan fingerprint density at radius 1 is 1.26 bits per heavy atom. The molecule has 1 aromatic carbocycles. The summed E-state index contributed by atoms with van der Waals surface area (Å²) in [7, 11) is 0. The lowest BCUT2D eigenvalue weighted by Crippen LogP contribution is -2.28. The highest BCUT2D eigenvalue weighted by Crippen LogP contribution is 2.36. The van der Waals surface area contributed by atoms with E-state index in [9.17, 15) is 0 Å². The first kappa shape index (κ1) is 18.5. The van der Waals surface area contributed by atoms with E-state index >= 15 is 0 Å². The van der Waals surface area contributed by atoms with Gasteiger partial charge in [0.25, 0.3) is 6.02 Å². The monoisotopic (exact) mass is 383 g/mol. The van der Waals surface area contributed by atoms with Gasteiger partial charge in [0, 0.05) is 17.3 Å². The summed E-state index contributed by atoms with van der Waals surface area (Å²) in [6, 6.07) is 3.07. The molecule has 0 bridgehead atoms. The highest BCUT2D eigenvalue weighted by atomic mass is 32.1. The number of thiazole rings is 1. The standard InChI is InChI=1S/C22H29N3OS/c1-4-8-17-15(2)13-16-9-6-5-7-10-18(16)19(17)25-21-24-14-22(3,26-21)20-23-11-12-27-20/h11-13H,4-10,14H2,1-3H3,(H,24,25). The average molecular weight is 384 g/mol. The van der Waals surface area contributed by atoms with Crippen molar-refractivity contribution in [2.45, 2.75) is 71.3 Å². The Bertz CT molecular complexity index is 844. The van der Waals surface area contributed by atoms with Gasteiger partial charge >= 0.3 is 0 Å². The van der Waals surface area contributed by atoms with E-state index in [0.29, 0.717) is 12.6 Å². The van der Waals surface area contributed by atoms with Crippen LogP contribution in [0, 0.1) is 6.92 Å². The molecular weight excluding hydrogens is 354 g/mol. The first-order valence-corrected chi connectivity index (χ1v) is 11.0. The van der Waals surface area contributed by atoms with E-state index in [-0.39, 0.29) is 0 Å². The Labute approximate surface area is 166 Å². The van der Waals surface area contributed by atoms with Crippen molar-refractivity contribution in [3.05, 3.63) is 44.9 Å². The molecule has 1 aromatic heterocycles. The number of fused-ring (bicyclic) bond motifs is 1. The van der Waals surface area contributed by atoms with Crippen molar-refractivity contribution in [3.63, 3.8) is 0 Å². The van der Waals surface area contributed by atoms with E-state index in [4.69, 9.17) is 9.73 Å². The maximum absolute atomic E-state index is 6.28. The number of ether oxygens (including phenoxy) is 1. The maximum atomic E-state index is 6.28. The smallest absolute Gasteiger partial charge is 0.290 e. The second-order valence-electron chi connectivity index (χ2n) is 7.91. The van der Waals surface area contributed by atoms with Crippen molar-refractivity contribution < 1.29 is 4.74 Å². The second kappa shape index (κ2) is 7.63. The van der Waals surface area contributed by atoms with Crippen molar-refractivity contribution in [1.82, 2.24) is 4.98 Å². The van der Waals surface area contributed by atoms with Gasteiger partial charge < -0.3 is 10.1 Å². The highest BCUT2D eigenvalue weighted by molar-refractivity contribution is 7.09. The van der Waals surface area contributed by atoms with Crippen molar-refractivity contribution in [2.75, 3.05) is 11.9 Å². The van der Waals surface area contributed by atoms with Gasteiger partial charge in [0.1, 0.15) is 5.01 Å². The second-order valence-corrected chi connectivity index (χ2v) is 8.81. The summed E-state index contributed by atoms with van der Waals surface area (Å²) in [5, 5.41) is 6.59. The molecular formula is C22H29N3OS. The summed E-state index contributed by atoms with van der Waals surface area (Å²) >= 11 is 1.63. The predicted octanol–water partition coefficient (Wildman–Crippen LogP) is 5.39. The van der Waals surface area contributed by atoms with Crippen LogP contribution in [0.1, 0.15) is 66.8 Å². The molecule has 0 amide bonds. The van der Waals surface area contributed by atoms with Gasteiger partial charge in [-0.25, -0.2) is 9.98 Å². The Morgan fingerprint density at radius 2 is 2.11 bits per heavy atom. The molecule has 0 spiro atoms. The largest absolute Gasteiger partial charge is 0.449 e. The van der Waals surface area contributed by atoms with Crippen molar-refractivity contribution in [1.29, 1.82) is 0 Å². The van der Waals surface area contributed by atoms with Crippen LogP contribution in [0.4, 0.5) is 5.69 Å². The maximum Gasteiger partial charge on any atom is 0.290 e. The van der Waals surface area contributed by atoms with E-state index in [1.165, 1.54) is 53.6 Å². The number of rotatable bonds is 4. The van der Waals surface area contributed by atoms with Crippen LogP contribution in [0.3, 0.4) is 0 Å². The predicted molar refractivity (Wildman–Crippen MR) is 113 cm³/mol. The summed E-state index contributed by atoms with van der Waals surface area (Å²) in [5.74, 6) is 0. The molecule has 0 saturated heterocycles. The van der Waals surface area contributed by atoms with Crippen LogP contribution in [0.2, 0.25) is 0 Å². The molecule has 1 atom stereocenters. The molecule has 4 nitrogen and oxygen atoms in total. The van der Waals surface area contributed by atoms with E-state index in [0.717, 1.165) is 24.3 Å². The minimum Gasteiger partial charge on any atom is -0.449 e. The molecule has 1 aliphatic heterocycles. The van der Waals surface area contributed by atoms with Crippen molar-refractivity contribution in [2.24, 2.45) is 4.99 Å². The molecule has 0 saturated carbocycles. The number of hydrogen-bond donors (Lipinski definition) is 1. The summed E-state index contributed by atoms with van der Waals surface area (Å²) in [4.78, 5) is 9.14. The minimum absolute atomic E-state index is 0.456. The van der Waals surface area contributed by atoms with Gasteiger partial charge in [-0.3, -0.25) is 0 Å². The van der Waals surface area contributed by atoms with Crippen molar-refractivity contribution >= 4 is 23.0 Å². The lowest BCUT2D eigenvalue weighted by Gasteiger charge is -2.24. The molecule has 2 aliphatic rings. The number of hydrogen-bond acceptors (Lipinski definition) is 5. The Balaban J connectivity index is 1.66. The number of aromatic nitrogens is 1. The summed E-state index contributed by atoms with van der Waals surface area (Å²) < 4.78 is 6.28. The van der Waals surface area contributed by atoms with E-state index in [1.807, 2.05) is 11.6 Å². The molecule has 1 N–H and O–H groups in total. The zero-order chi connectivity index (χ0) is 18.9. The lowest BCUT2D eigenvalue weighted by atomic mass is 9.91. The van der Waals surface area contributed by atoms with Crippen LogP contribution < -0.4 is 5.32 Å². The van der Waals surface area contributed by atoms with Gasteiger partial charge in [0.15, 0.2) is 5.60 Å². The van der Waals surface area contributed by atoms with Crippen LogP contribution in [0.15, 0.2) is 22.6 Å². The topological polar surface area (TPSA) is 46.5 Å². The SMILES string of the molecule is CCCc1c(C)cc2c(c1NC1=NCC(C)(c3nccs3)O1)CCCCC2. The molecule has 27 heavy (non-hydrogen) atoms. The molecule has 1 aliphatic carbocycles. The number of aliphatic imine (C=N–C) groups is 1. The molecule has 5 heteroatoms. The van der Waals surface area contributed by atoms with Crippen LogP contribution in [0.5, 0.6) is 0 Å². The Kier molecular flexibility index (Phi) is 5.22. The normalized spacial score (nSPS) is 22.0. The number of benzene rings is 1. The first-order valence-electron chi connectivity index (χ1n) is 10.2. The molecule has 0 radical (unpaired) electrons. The third kappa shape index (κ3) is 3.62. The van der Waals surface area contributed by atoms with Gasteiger partial charge in [-0.15, -0.1) is 11.3 Å². The van der Waals surface area contributed by atoms with Crippen LogP contribution in [0.25, 0.3) is 0 Å². The summed E-state index contributed by atoms with van der Waals surface area (Å²) in [6.45, 7) is 7.18. The van der Waals surface area contributed by atoms with Gasteiger partial charge in [-0.1, -0.05) is 25.8 Å². The van der Waals surface area contributed by atoms with E-state index < -0.39 is 5.60 Å². The molecule has 0 fully saturated rings. The number of amidine groups is 1. The molecule has 2 aromatic rings. The third-order valence-corrected chi connectivity index (χ3v) is 6.71. The zero-order valence-corrected chi connectivity index (χ0v) is 17.4. The first-order chi connectivity index (χ1) is 13.1. The van der Waals surface area contributed by atoms with Gasteiger partial charge in [-0.2, -0.15) is 0 Å². The van der Waals surface area contributed by atoms with E-state index in [2.05, 4.69) is 37.1 Å². The van der Waals surface area contributed by atoms with Gasteiger partial charge in [-0.05, 0) is 68.2 Å².